The predicted molar refractivity (Wildman–Crippen MR) is 119 cm³/mol. The summed E-state index contributed by atoms with van der Waals surface area (Å²) in [5.41, 5.74) is 2.78. The van der Waals surface area contributed by atoms with Gasteiger partial charge in [-0.15, -0.1) is 0 Å². The molecule has 0 amide bonds. The number of aromatic nitrogens is 2. The van der Waals surface area contributed by atoms with Crippen molar-refractivity contribution in [1.29, 1.82) is 0 Å². The Kier molecular flexibility index (Phi) is 9.42. The number of thiocarbonyl (C=S) groups is 1. The summed E-state index contributed by atoms with van der Waals surface area (Å²) in [6.45, 7) is 4.53. The van der Waals surface area contributed by atoms with E-state index < -0.39 is 4.30 Å². The number of imidazole rings is 1. The van der Waals surface area contributed by atoms with Gasteiger partial charge in [-0.25, -0.2) is 9.13 Å². The third-order valence-corrected chi connectivity index (χ3v) is 6.13. The highest BCUT2D eigenvalue weighted by molar-refractivity contribution is 8.01. The van der Waals surface area contributed by atoms with Crippen LogP contribution < -0.4 is 4.57 Å². The van der Waals surface area contributed by atoms with Crippen LogP contribution in [0.5, 0.6) is 0 Å². The number of nitrogens with zero attached hydrogens (tertiary/aromatic N) is 2. The third-order valence-electron chi connectivity index (χ3n) is 5.76. The van der Waals surface area contributed by atoms with Gasteiger partial charge in [0, 0.05) is 13.8 Å². The zero-order valence-corrected chi connectivity index (χ0v) is 19.5. The van der Waals surface area contributed by atoms with E-state index in [0.717, 1.165) is 0 Å². The number of alkyl halides is 3. The predicted octanol–water partition coefficient (Wildman–Crippen LogP) is 6.61. The molecule has 2 nitrogen and oxygen atoms in total. The highest BCUT2D eigenvalue weighted by atomic mass is 35.6. The van der Waals surface area contributed by atoms with Gasteiger partial charge < -0.3 is 24.8 Å². The highest BCUT2D eigenvalue weighted by Gasteiger charge is 2.34. The molecule has 2 aliphatic carbocycles. The Bertz CT molecular complexity index is 560. The second-order valence-electron chi connectivity index (χ2n) is 7.35. The largest absolute Gasteiger partial charge is 0.421 e. The Labute approximate surface area is 184 Å². The molecule has 1 heterocycles. The molecule has 0 spiro atoms. The normalized spacial score (nSPS) is 19.3. The Morgan fingerprint density at radius 2 is 1.46 bits per heavy atom. The first kappa shape index (κ1) is 22.7. The van der Waals surface area contributed by atoms with Crippen molar-refractivity contribution in [2.75, 3.05) is 0 Å². The summed E-state index contributed by atoms with van der Waals surface area (Å²) in [4.78, 5) is 0. The molecule has 0 aromatic carbocycles. The van der Waals surface area contributed by atoms with E-state index in [1.807, 2.05) is 0 Å². The standard InChI is InChI=1S/C18H28N2S2.CHCl3/c1-13-14(2)20(16-11-7-4-8-12-16)17(18(21)22)19(13)15-9-5-3-6-10-15;2-1(3)4/h15-16H,3-12H2,1-2H3;1H. The second-order valence-corrected chi connectivity index (χ2v) is 10.4. The summed E-state index contributed by atoms with van der Waals surface area (Å²) in [7, 11) is 0. The zero-order chi connectivity index (χ0) is 19.3. The molecule has 0 atom stereocenters. The van der Waals surface area contributed by atoms with Crippen molar-refractivity contribution in [3.8, 4) is 0 Å². The van der Waals surface area contributed by atoms with Crippen LogP contribution in [0.2, 0.25) is 0 Å². The number of hydrogen-bond acceptors (Lipinski definition) is 2. The molecule has 0 bridgehead atoms. The molecule has 0 N–H and O–H groups in total. The van der Waals surface area contributed by atoms with Gasteiger partial charge in [0.25, 0.3) is 5.82 Å². The first-order valence-corrected chi connectivity index (χ1v) is 11.7. The van der Waals surface area contributed by atoms with Crippen LogP contribution in [0.4, 0.5) is 0 Å². The van der Waals surface area contributed by atoms with E-state index in [2.05, 4.69) is 23.0 Å². The van der Waals surface area contributed by atoms with Crippen molar-refractivity contribution in [3.05, 3.63) is 17.2 Å². The van der Waals surface area contributed by atoms with E-state index >= 15 is 0 Å². The van der Waals surface area contributed by atoms with Gasteiger partial charge in [0.15, 0.2) is 4.30 Å². The van der Waals surface area contributed by atoms with E-state index in [1.54, 1.807) is 0 Å². The minimum Gasteiger partial charge on any atom is -0.421 e. The van der Waals surface area contributed by atoms with Crippen molar-refractivity contribution in [1.82, 2.24) is 4.57 Å². The molecule has 2 fully saturated rings. The van der Waals surface area contributed by atoms with Crippen LogP contribution in [0, 0.1) is 13.8 Å². The van der Waals surface area contributed by atoms with Crippen LogP contribution in [-0.4, -0.2) is 13.1 Å². The lowest BCUT2D eigenvalue weighted by Gasteiger charge is -2.24. The van der Waals surface area contributed by atoms with E-state index in [-0.39, 0.29) is 0 Å². The van der Waals surface area contributed by atoms with Gasteiger partial charge in [-0.1, -0.05) is 47.6 Å². The fraction of sp³-hybridized carbons (Fsp3) is 0.789. The topological polar surface area (TPSA) is 8.81 Å². The number of hydrogen-bond donors (Lipinski definition) is 0. The minimum atomic E-state index is -0.750. The maximum Gasteiger partial charge on any atom is 0.269 e. The van der Waals surface area contributed by atoms with Crippen LogP contribution in [-0.2, 0) is 12.6 Å². The Balaban J connectivity index is 0.000000552. The number of halogens is 3. The maximum atomic E-state index is 5.52. The van der Waals surface area contributed by atoms with Crippen LogP contribution in [0.15, 0.2) is 0 Å². The Hall–Kier alpha value is 0.390. The first-order chi connectivity index (χ1) is 12.3. The third kappa shape index (κ3) is 5.70. The zero-order valence-electron chi connectivity index (χ0n) is 15.6. The molecule has 0 unspecified atom stereocenters. The van der Waals surface area contributed by atoms with Crippen molar-refractivity contribution in [2.45, 2.75) is 94.4 Å². The summed E-state index contributed by atoms with van der Waals surface area (Å²) in [5.74, 6) is 1.17. The van der Waals surface area contributed by atoms with Crippen molar-refractivity contribution >= 4 is 63.8 Å². The summed E-state index contributed by atoms with van der Waals surface area (Å²) >= 11 is 25.5. The SMILES string of the molecule is Cc1c(C)[n+](C2CCCCC2)c(C(=S)[S-])n1C1CCCCC1.ClC(Cl)Cl. The molecule has 0 aliphatic heterocycles. The van der Waals surface area contributed by atoms with Gasteiger partial charge in [-0.05, 0) is 55.6 Å². The van der Waals surface area contributed by atoms with Gasteiger partial charge in [0.05, 0.1) is 0 Å². The van der Waals surface area contributed by atoms with Gasteiger partial charge in [-0.2, -0.15) is 0 Å². The van der Waals surface area contributed by atoms with Gasteiger partial charge in [-0.3, -0.25) is 0 Å². The molecule has 1 aromatic rings. The Morgan fingerprint density at radius 1 is 1.00 bits per heavy atom. The molecular formula is C19H29Cl3N2S2. The first-order valence-electron chi connectivity index (χ1n) is 9.61. The monoisotopic (exact) mass is 454 g/mol. The van der Waals surface area contributed by atoms with E-state index in [0.29, 0.717) is 16.3 Å². The molecule has 1 aromatic heterocycles. The fourth-order valence-corrected chi connectivity index (χ4v) is 4.94. The molecule has 0 saturated heterocycles. The molecule has 0 radical (unpaired) electrons. The van der Waals surface area contributed by atoms with Crippen molar-refractivity contribution in [3.63, 3.8) is 0 Å². The second kappa shape index (κ2) is 10.8. The van der Waals surface area contributed by atoms with E-state index in [4.69, 9.17) is 59.6 Å². The van der Waals surface area contributed by atoms with Crippen molar-refractivity contribution < 1.29 is 4.57 Å². The lowest BCUT2D eigenvalue weighted by atomic mass is 9.94. The van der Waals surface area contributed by atoms with E-state index in [1.165, 1.54) is 81.4 Å². The smallest absolute Gasteiger partial charge is 0.269 e. The summed E-state index contributed by atoms with van der Waals surface area (Å²) in [5, 5.41) is 0. The average Bonchev–Trinajstić information content (AvgIpc) is 2.88. The minimum absolute atomic E-state index is 0.605. The molecular weight excluding hydrogens is 427 g/mol. The van der Waals surface area contributed by atoms with Crippen LogP contribution >= 0.6 is 47.0 Å². The molecule has 3 rings (SSSR count). The van der Waals surface area contributed by atoms with Gasteiger partial charge in [0.2, 0.25) is 0 Å². The summed E-state index contributed by atoms with van der Waals surface area (Å²) < 4.78 is 4.93. The highest BCUT2D eigenvalue weighted by Crippen LogP contribution is 2.33. The molecule has 148 valence electrons. The number of rotatable bonds is 3. The molecule has 2 aliphatic rings. The maximum absolute atomic E-state index is 5.52. The molecule has 7 heteroatoms. The Morgan fingerprint density at radius 3 is 1.92 bits per heavy atom. The summed E-state index contributed by atoms with van der Waals surface area (Å²) in [6, 6.07) is 1.21. The molecule has 26 heavy (non-hydrogen) atoms. The van der Waals surface area contributed by atoms with Crippen molar-refractivity contribution in [2.24, 2.45) is 0 Å². The summed E-state index contributed by atoms with van der Waals surface area (Å²) in [6.07, 6.45) is 13.3. The fourth-order valence-electron chi connectivity index (χ4n) is 4.55. The average molecular weight is 456 g/mol. The molecule has 2 saturated carbocycles. The van der Waals surface area contributed by atoms with Gasteiger partial charge in [0.1, 0.15) is 23.5 Å². The van der Waals surface area contributed by atoms with Gasteiger partial charge >= 0.3 is 0 Å². The van der Waals surface area contributed by atoms with Crippen LogP contribution in [0.3, 0.4) is 0 Å². The van der Waals surface area contributed by atoms with Crippen LogP contribution in [0.25, 0.3) is 0 Å². The van der Waals surface area contributed by atoms with Crippen LogP contribution in [0.1, 0.15) is 93.5 Å². The van der Waals surface area contributed by atoms with E-state index in [9.17, 15) is 0 Å². The lowest BCUT2D eigenvalue weighted by Crippen LogP contribution is -2.47. The lowest BCUT2D eigenvalue weighted by molar-refractivity contribution is -0.731. The quantitative estimate of drug-likeness (QED) is 0.219.